The zero-order valence-electron chi connectivity index (χ0n) is 15.6. The Hall–Kier alpha value is -3.71. The fourth-order valence-electron chi connectivity index (χ4n) is 2.89. The van der Waals surface area contributed by atoms with Crippen LogP contribution in [0.4, 0.5) is 9.18 Å². The molecule has 0 unspecified atom stereocenters. The topological polar surface area (TPSA) is 81.4 Å². The molecule has 2 aromatic carbocycles. The average Bonchev–Trinajstić information content (AvgIpc) is 3.16. The lowest BCUT2D eigenvalue weighted by molar-refractivity contribution is 0.103. The molecule has 0 atom stereocenters. The van der Waals surface area contributed by atoms with Crippen molar-refractivity contribution in [1.29, 1.82) is 0 Å². The average molecular weight is 425 g/mol. The van der Waals surface area contributed by atoms with Gasteiger partial charge in [0.25, 0.3) is 5.95 Å². The Bertz CT molecular complexity index is 1250. The molecule has 2 heterocycles. The molecular weight excluding hydrogens is 411 g/mol. The Morgan fingerprint density at radius 1 is 1.07 bits per heavy atom. The normalized spacial score (nSPS) is 10.8. The molecular formula is C22H14ClFN2O4. The maximum absolute atomic E-state index is 13.0. The second-order valence-corrected chi connectivity index (χ2v) is 6.76. The summed E-state index contributed by atoms with van der Waals surface area (Å²) in [5, 5.41) is 3.28. The number of hydrogen-bond acceptors (Lipinski definition) is 5. The molecule has 0 aliphatic rings. The molecule has 8 heteroatoms. The van der Waals surface area contributed by atoms with Crippen molar-refractivity contribution in [3.63, 3.8) is 0 Å². The van der Waals surface area contributed by atoms with Gasteiger partial charge in [-0.05, 0) is 48.5 Å². The van der Waals surface area contributed by atoms with Crippen LogP contribution < -0.4 is 10.1 Å². The van der Waals surface area contributed by atoms with E-state index in [4.69, 9.17) is 20.8 Å². The maximum Gasteiger partial charge on any atom is 0.414 e. The van der Waals surface area contributed by atoms with Crippen LogP contribution in [0, 0.1) is 5.82 Å². The number of carbonyl (C=O) groups excluding carboxylic acids is 2. The van der Waals surface area contributed by atoms with Gasteiger partial charge in [0.1, 0.15) is 5.82 Å². The van der Waals surface area contributed by atoms with Gasteiger partial charge in [-0.1, -0.05) is 11.6 Å². The highest BCUT2D eigenvalue weighted by atomic mass is 35.5. The van der Waals surface area contributed by atoms with Crippen LogP contribution in [0.15, 0.2) is 65.2 Å². The molecule has 2 aromatic heterocycles. The minimum absolute atomic E-state index is 0.0107. The van der Waals surface area contributed by atoms with E-state index >= 15 is 0 Å². The van der Waals surface area contributed by atoms with Gasteiger partial charge in [-0.2, -0.15) is 0 Å². The molecule has 6 nitrogen and oxygen atoms in total. The SMILES string of the molecule is CNC(=O)Oc1cc2cc(-c3ccc(C(=O)c4ccc(F)cc4)cn3)cc(Cl)c2o1. The first-order valence-electron chi connectivity index (χ1n) is 8.84. The third kappa shape index (κ3) is 3.88. The van der Waals surface area contributed by atoms with Crippen LogP contribution in [-0.4, -0.2) is 23.9 Å². The number of carbonyl (C=O) groups is 2. The Balaban J connectivity index is 1.62. The Morgan fingerprint density at radius 3 is 2.47 bits per heavy atom. The van der Waals surface area contributed by atoms with E-state index in [0.717, 1.165) is 0 Å². The van der Waals surface area contributed by atoms with Gasteiger partial charge in [0.05, 0.1) is 10.7 Å². The molecule has 0 aliphatic carbocycles. The predicted molar refractivity (Wildman–Crippen MR) is 109 cm³/mol. The van der Waals surface area contributed by atoms with Gasteiger partial charge < -0.3 is 14.5 Å². The van der Waals surface area contributed by atoms with Crippen LogP contribution in [0.5, 0.6) is 5.95 Å². The molecule has 0 spiro atoms. The van der Waals surface area contributed by atoms with Gasteiger partial charge in [0.15, 0.2) is 11.4 Å². The van der Waals surface area contributed by atoms with E-state index in [2.05, 4.69) is 10.3 Å². The first kappa shape index (κ1) is 19.6. The van der Waals surface area contributed by atoms with Crippen LogP contribution >= 0.6 is 11.6 Å². The number of fused-ring (bicyclic) bond motifs is 1. The minimum atomic E-state index is -0.659. The van der Waals surface area contributed by atoms with Crippen molar-refractivity contribution < 1.29 is 23.1 Å². The number of nitrogens with one attached hydrogen (secondary N) is 1. The van der Waals surface area contributed by atoms with Crippen LogP contribution in [0.2, 0.25) is 5.02 Å². The summed E-state index contributed by atoms with van der Waals surface area (Å²) >= 11 is 6.31. The van der Waals surface area contributed by atoms with Crippen LogP contribution in [0.25, 0.3) is 22.2 Å². The third-order valence-electron chi connectivity index (χ3n) is 4.37. The Labute approximate surface area is 175 Å². The van der Waals surface area contributed by atoms with Crippen molar-refractivity contribution in [2.75, 3.05) is 7.05 Å². The van der Waals surface area contributed by atoms with E-state index in [0.29, 0.717) is 38.4 Å². The van der Waals surface area contributed by atoms with Gasteiger partial charge in [0, 0.05) is 41.4 Å². The largest absolute Gasteiger partial charge is 0.424 e. The van der Waals surface area contributed by atoms with E-state index in [9.17, 15) is 14.0 Å². The zero-order chi connectivity index (χ0) is 21.3. The van der Waals surface area contributed by atoms with E-state index in [1.54, 1.807) is 30.3 Å². The van der Waals surface area contributed by atoms with Crippen molar-refractivity contribution in [1.82, 2.24) is 10.3 Å². The lowest BCUT2D eigenvalue weighted by Crippen LogP contribution is -2.21. The highest BCUT2D eigenvalue weighted by Crippen LogP contribution is 2.34. The summed E-state index contributed by atoms with van der Waals surface area (Å²) in [5.41, 5.74) is 2.41. The molecule has 0 fully saturated rings. The smallest absolute Gasteiger partial charge is 0.414 e. The van der Waals surface area contributed by atoms with Crippen molar-refractivity contribution >= 4 is 34.4 Å². The Morgan fingerprint density at radius 2 is 1.80 bits per heavy atom. The molecule has 150 valence electrons. The summed E-state index contributed by atoms with van der Waals surface area (Å²) in [5.74, 6) is -0.652. The van der Waals surface area contributed by atoms with E-state index < -0.39 is 11.9 Å². The molecule has 0 bridgehead atoms. The van der Waals surface area contributed by atoms with E-state index in [-0.39, 0.29) is 11.7 Å². The summed E-state index contributed by atoms with van der Waals surface area (Å²) in [6.07, 6.45) is 0.794. The second-order valence-electron chi connectivity index (χ2n) is 6.35. The summed E-state index contributed by atoms with van der Waals surface area (Å²) < 4.78 is 23.5. The number of pyridine rings is 1. The molecule has 0 aliphatic heterocycles. The summed E-state index contributed by atoms with van der Waals surface area (Å²) in [7, 11) is 1.44. The third-order valence-corrected chi connectivity index (χ3v) is 4.65. The number of amides is 1. The standard InChI is InChI=1S/C22H14ClFN2O4/c1-25-22(28)30-19-10-15-8-14(9-17(23)21(15)29-19)18-7-4-13(11-26-18)20(27)12-2-5-16(24)6-3-12/h2-11H,1H3,(H,25,28). The quantitative estimate of drug-likeness (QED) is 0.453. The Kier molecular flexibility index (Phi) is 5.20. The fourth-order valence-corrected chi connectivity index (χ4v) is 3.16. The molecule has 30 heavy (non-hydrogen) atoms. The highest BCUT2D eigenvalue weighted by molar-refractivity contribution is 6.35. The fraction of sp³-hybridized carbons (Fsp3) is 0.0455. The molecule has 1 amide bonds. The number of halogens is 2. The van der Waals surface area contributed by atoms with Crippen molar-refractivity contribution in [3.8, 4) is 17.2 Å². The lowest BCUT2D eigenvalue weighted by Gasteiger charge is -2.05. The van der Waals surface area contributed by atoms with E-state index in [1.807, 2.05) is 0 Å². The first-order valence-corrected chi connectivity index (χ1v) is 9.22. The first-order chi connectivity index (χ1) is 14.4. The monoisotopic (exact) mass is 424 g/mol. The van der Waals surface area contributed by atoms with Gasteiger partial charge in [-0.3, -0.25) is 9.78 Å². The number of ether oxygens (including phenoxy) is 1. The summed E-state index contributed by atoms with van der Waals surface area (Å²) in [6, 6.07) is 13.7. The molecule has 1 N–H and O–H groups in total. The second kappa shape index (κ2) is 7.96. The van der Waals surface area contributed by atoms with E-state index in [1.165, 1.54) is 37.5 Å². The molecule has 0 radical (unpaired) electrons. The number of aromatic nitrogens is 1. The van der Waals surface area contributed by atoms with Crippen molar-refractivity contribution in [3.05, 3.63) is 82.8 Å². The van der Waals surface area contributed by atoms with Gasteiger partial charge in [-0.25, -0.2) is 9.18 Å². The van der Waals surface area contributed by atoms with Crippen LogP contribution in [0.3, 0.4) is 0 Å². The zero-order valence-corrected chi connectivity index (χ0v) is 16.4. The number of ketones is 1. The van der Waals surface area contributed by atoms with Crippen LogP contribution in [0.1, 0.15) is 15.9 Å². The number of benzene rings is 2. The number of nitrogens with zero attached hydrogens (tertiary/aromatic N) is 1. The van der Waals surface area contributed by atoms with Crippen molar-refractivity contribution in [2.24, 2.45) is 0 Å². The molecule has 4 aromatic rings. The summed E-state index contributed by atoms with van der Waals surface area (Å²) in [4.78, 5) is 28.2. The predicted octanol–water partition coefficient (Wildman–Crippen LogP) is 5.24. The lowest BCUT2D eigenvalue weighted by atomic mass is 10.0. The highest BCUT2D eigenvalue weighted by Gasteiger charge is 2.15. The maximum atomic E-state index is 13.0. The summed E-state index contributed by atoms with van der Waals surface area (Å²) in [6.45, 7) is 0. The van der Waals surface area contributed by atoms with Gasteiger partial charge >= 0.3 is 6.09 Å². The molecule has 0 saturated heterocycles. The van der Waals surface area contributed by atoms with Crippen LogP contribution in [-0.2, 0) is 0 Å². The van der Waals surface area contributed by atoms with Gasteiger partial charge in [-0.15, -0.1) is 0 Å². The van der Waals surface area contributed by atoms with Gasteiger partial charge in [0.2, 0.25) is 0 Å². The minimum Gasteiger partial charge on any atom is -0.424 e. The number of rotatable bonds is 4. The van der Waals surface area contributed by atoms with Crippen molar-refractivity contribution in [2.45, 2.75) is 0 Å². The molecule has 0 saturated carbocycles. The number of hydrogen-bond donors (Lipinski definition) is 1. The molecule has 4 rings (SSSR count). The number of furan rings is 1.